The van der Waals surface area contributed by atoms with Crippen LogP contribution < -0.4 is 10.5 Å². The van der Waals surface area contributed by atoms with Crippen molar-refractivity contribution in [2.24, 2.45) is 5.73 Å². The molecule has 1 rings (SSSR count). The minimum Gasteiger partial charge on any atom is -0.493 e. The minimum absolute atomic E-state index is 0.532. The predicted molar refractivity (Wildman–Crippen MR) is 67.7 cm³/mol. The van der Waals surface area contributed by atoms with Gasteiger partial charge in [-0.2, -0.15) is 0 Å². The fourth-order valence-corrected chi connectivity index (χ4v) is 1.64. The molecule has 0 unspecified atom stereocenters. The van der Waals surface area contributed by atoms with Crippen molar-refractivity contribution in [1.29, 1.82) is 0 Å². The van der Waals surface area contributed by atoms with Gasteiger partial charge in [0.2, 0.25) is 0 Å². The van der Waals surface area contributed by atoms with Gasteiger partial charge in [-0.3, -0.25) is 0 Å². The summed E-state index contributed by atoms with van der Waals surface area (Å²) >= 11 is 0. The van der Waals surface area contributed by atoms with Crippen molar-refractivity contribution in [3.05, 3.63) is 29.3 Å². The molecule has 0 bridgehead atoms. The molecule has 1 aromatic rings. The molecular formula is C13H22N2O. The van der Waals surface area contributed by atoms with Gasteiger partial charge in [0.25, 0.3) is 0 Å². The number of ether oxygens (including phenoxy) is 1. The van der Waals surface area contributed by atoms with Crippen molar-refractivity contribution in [3.63, 3.8) is 0 Å². The zero-order valence-electron chi connectivity index (χ0n) is 10.5. The molecule has 0 saturated carbocycles. The summed E-state index contributed by atoms with van der Waals surface area (Å²) in [7, 11) is 4.14. The first kappa shape index (κ1) is 13.0. The van der Waals surface area contributed by atoms with Crippen LogP contribution in [0.1, 0.15) is 17.5 Å². The molecule has 0 saturated heterocycles. The quantitative estimate of drug-likeness (QED) is 0.746. The zero-order chi connectivity index (χ0) is 12.0. The number of para-hydroxylation sites is 1. The highest BCUT2D eigenvalue weighted by Gasteiger charge is 2.05. The molecule has 3 heteroatoms. The van der Waals surface area contributed by atoms with E-state index < -0.39 is 0 Å². The van der Waals surface area contributed by atoms with Crippen molar-refractivity contribution in [2.75, 3.05) is 27.2 Å². The molecule has 2 N–H and O–H groups in total. The highest BCUT2D eigenvalue weighted by Crippen LogP contribution is 2.22. The lowest BCUT2D eigenvalue weighted by Crippen LogP contribution is -2.16. The van der Waals surface area contributed by atoms with E-state index in [1.807, 2.05) is 12.1 Å². The molecule has 0 fully saturated rings. The Morgan fingerprint density at radius 3 is 2.69 bits per heavy atom. The van der Waals surface area contributed by atoms with Crippen molar-refractivity contribution in [1.82, 2.24) is 4.90 Å². The molecule has 0 aliphatic carbocycles. The molecule has 16 heavy (non-hydrogen) atoms. The first-order valence-corrected chi connectivity index (χ1v) is 5.71. The standard InChI is InChI=1S/C13H22N2O/c1-11-6-4-7-12(10-14)13(11)16-9-5-8-15(2)3/h4,6-7H,5,8-10,14H2,1-3H3. The van der Waals surface area contributed by atoms with Gasteiger partial charge in [-0.15, -0.1) is 0 Å². The molecule has 90 valence electrons. The summed E-state index contributed by atoms with van der Waals surface area (Å²) in [4.78, 5) is 2.16. The highest BCUT2D eigenvalue weighted by molar-refractivity contribution is 5.40. The summed E-state index contributed by atoms with van der Waals surface area (Å²) in [6.07, 6.45) is 1.03. The van der Waals surface area contributed by atoms with Gasteiger partial charge in [-0.25, -0.2) is 0 Å². The van der Waals surface area contributed by atoms with Crippen LogP contribution >= 0.6 is 0 Å². The second-order valence-corrected chi connectivity index (χ2v) is 4.27. The Morgan fingerprint density at radius 2 is 2.06 bits per heavy atom. The van der Waals surface area contributed by atoms with E-state index in [0.29, 0.717) is 6.54 Å². The number of hydrogen-bond acceptors (Lipinski definition) is 3. The summed E-state index contributed by atoms with van der Waals surface area (Å²) in [5.41, 5.74) is 7.93. The third-order valence-corrected chi connectivity index (χ3v) is 2.51. The second-order valence-electron chi connectivity index (χ2n) is 4.27. The van der Waals surface area contributed by atoms with E-state index in [4.69, 9.17) is 10.5 Å². The molecule has 0 aliphatic rings. The average molecular weight is 222 g/mol. The largest absolute Gasteiger partial charge is 0.493 e. The van der Waals surface area contributed by atoms with Crippen LogP contribution in [0.2, 0.25) is 0 Å². The Bertz CT molecular complexity index is 324. The smallest absolute Gasteiger partial charge is 0.126 e. The first-order valence-electron chi connectivity index (χ1n) is 5.71. The lowest BCUT2D eigenvalue weighted by Gasteiger charge is -2.14. The summed E-state index contributed by atoms with van der Waals surface area (Å²) in [6.45, 7) is 4.38. The molecule has 0 aromatic heterocycles. The summed E-state index contributed by atoms with van der Waals surface area (Å²) in [5, 5.41) is 0. The second kappa shape index (κ2) is 6.51. The normalized spacial score (nSPS) is 10.8. The topological polar surface area (TPSA) is 38.5 Å². The molecule has 0 radical (unpaired) electrons. The van der Waals surface area contributed by atoms with Crippen LogP contribution in [-0.2, 0) is 6.54 Å². The lowest BCUT2D eigenvalue weighted by molar-refractivity contribution is 0.278. The maximum Gasteiger partial charge on any atom is 0.126 e. The number of rotatable bonds is 6. The van der Waals surface area contributed by atoms with Gasteiger partial charge in [0.05, 0.1) is 6.61 Å². The molecule has 3 nitrogen and oxygen atoms in total. The van der Waals surface area contributed by atoms with E-state index >= 15 is 0 Å². The Balaban J connectivity index is 2.52. The SMILES string of the molecule is Cc1cccc(CN)c1OCCCN(C)C. The average Bonchev–Trinajstić information content (AvgIpc) is 2.25. The third-order valence-electron chi connectivity index (χ3n) is 2.51. The lowest BCUT2D eigenvalue weighted by atomic mass is 10.1. The number of aryl methyl sites for hydroxylation is 1. The van der Waals surface area contributed by atoms with Crippen molar-refractivity contribution < 1.29 is 4.74 Å². The predicted octanol–water partition coefficient (Wildman–Crippen LogP) is 1.78. The third kappa shape index (κ3) is 3.83. The van der Waals surface area contributed by atoms with Crippen LogP contribution in [0.25, 0.3) is 0 Å². The molecule has 0 amide bonds. The van der Waals surface area contributed by atoms with Gasteiger partial charge in [-0.1, -0.05) is 18.2 Å². The summed E-state index contributed by atoms with van der Waals surface area (Å²) in [5.74, 6) is 0.962. The maximum absolute atomic E-state index is 5.80. The molecule has 0 aliphatic heterocycles. The monoisotopic (exact) mass is 222 g/mol. The molecular weight excluding hydrogens is 200 g/mol. The van der Waals surface area contributed by atoms with Crippen LogP contribution in [-0.4, -0.2) is 32.1 Å². The van der Waals surface area contributed by atoms with Crippen LogP contribution in [0.3, 0.4) is 0 Å². The molecule has 0 spiro atoms. The molecule has 0 atom stereocenters. The van der Waals surface area contributed by atoms with E-state index in [1.54, 1.807) is 0 Å². The summed E-state index contributed by atoms with van der Waals surface area (Å²) < 4.78 is 5.80. The molecule has 0 heterocycles. The van der Waals surface area contributed by atoms with Gasteiger partial charge < -0.3 is 15.4 Å². The van der Waals surface area contributed by atoms with E-state index in [2.05, 4.69) is 32.0 Å². The van der Waals surface area contributed by atoms with Crippen LogP contribution in [0.15, 0.2) is 18.2 Å². The van der Waals surface area contributed by atoms with Gasteiger partial charge >= 0.3 is 0 Å². The van der Waals surface area contributed by atoms with Gasteiger partial charge in [0, 0.05) is 18.7 Å². The number of nitrogens with two attached hydrogens (primary N) is 1. The Hall–Kier alpha value is -1.06. The van der Waals surface area contributed by atoms with Crippen molar-refractivity contribution in [3.8, 4) is 5.75 Å². The maximum atomic E-state index is 5.80. The number of benzene rings is 1. The number of nitrogens with zero attached hydrogens (tertiary/aromatic N) is 1. The van der Waals surface area contributed by atoms with Gasteiger partial charge in [-0.05, 0) is 33.0 Å². The van der Waals surface area contributed by atoms with E-state index in [9.17, 15) is 0 Å². The van der Waals surface area contributed by atoms with Gasteiger partial charge in [0.15, 0.2) is 0 Å². The minimum atomic E-state index is 0.532. The van der Waals surface area contributed by atoms with Crippen LogP contribution in [0, 0.1) is 6.92 Å². The molecule has 1 aromatic carbocycles. The Labute approximate surface area is 98.2 Å². The summed E-state index contributed by atoms with van der Waals surface area (Å²) in [6, 6.07) is 6.10. The highest BCUT2D eigenvalue weighted by atomic mass is 16.5. The van der Waals surface area contributed by atoms with Crippen molar-refractivity contribution in [2.45, 2.75) is 19.9 Å². The fourth-order valence-electron chi connectivity index (χ4n) is 1.64. The van der Waals surface area contributed by atoms with Crippen LogP contribution in [0.4, 0.5) is 0 Å². The Morgan fingerprint density at radius 1 is 1.31 bits per heavy atom. The van der Waals surface area contributed by atoms with Crippen LogP contribution in [0.5, 0.6) is 5.75 Å². The first-order chi connectivity index (χ1) is 7.65. The van der Waals surface area contributed by atoms with E-state index in [0.717, 1.165) is 36.4 Å². The fraction of sp³-hybridized carbons (Fsp3) is 0.538. The Kier molecular flexibility index (Phi) is 5.29. The van der Waals surface area contributed by atoms with E-state index in [-0.39, 0.29) is 0 Å². The van der Waals surface area contributed by atoms with Crippen molar-refractivity contribution >= 4 is 0 Å². The van der Waals surface area contributed by atoms with E-state index in [1.165, 1.54) is 0 Å². The van der Waals surface area contributed by atoms with Gasteiger partial charge in [0.1, 0.15) is 5.75 Å². The number of hydrogen-bond donors (Lipinski definition) is 1. The zero-order valence-corrected chi connectivity index (χ0v) is 10.5.